The van der Waals surface area contributed by atoms with Crippen molar-refractivity contribution in [1.29, 1.82) is 0 Å². The second-order valence-electron chi connectivity index (χ2n) is 8.58. The van der Waals surface area contributed by atoms with Gasteiger partial charge in [0.15, 0.2) is 0 Å². The molecule has 0 N–H and O–H groups in total. The smallest absolute Gasteiger partial charge is 0.141 e. The first-order valence-corrected chi connectivity index (χ1v) is 9.17. The van der Waals surface area contributed by atoms with Gasteiger partial charge < -0.3 is 18.9 Å². The maximum atomic E-state index is 5.96. The van der Waals surface area contributed by atoms with Crippen LogP contribution in [0.3, 0.4) is 0 Å². The van der Waals surface area contributed by atoms with Gasteiger partial charge in [0.25, 0.3) is 0 Å². The third-order valence-electron chi connectivity index (χ3n) is 3.66. The van der Waals surface area contributed by atoms with Crippen LogP contribution in [0.4, 0.5) is 0 Å². The van der Waals surface area contributed by atoms with Gasteiger partial charge in [-0.25, -0.2) is 0 Å². The molecule has 0 spiro atoms. The summed E-state index contributed by atoms with van der Waals surface area (Å²) in [5, 5.41) is 0. The van der Waals surface area contributed by atoms with E-state index in [4.69, 9.17) is 18.9 Å². The highest BCUT2D eigenvalue weighted by molar-refractivity contribution is 5.28. The normalized spacial score (nSPS) is 20.9. The second kappa shape index (κ2) is 8.37. The van der Waals surface area contributed by atoms with Crippen LogP contribution in [0.2, 0.25) is 0 Å². The van der Waals surface area contributed by atoms with Gasteiger partial charge >= 0.3 is 0 Å². The molecule has 1 saturated carbocycles. The van der Waals surface area contributed by atoms with E-state index >= 15 is 0 Å². The molecule has 1 aromatic rings. The molecule has 142 valence electrons. The summed E-state index contributed by atoms with van der Waals surface area (Å²) in [6, 6.07) is 1.90. The molecule has 5 heteroatoms. The van der Waals surface area contributed by atoms with Crippen LogP contribution in [0.15, 0.2) is 18.5 Å². The Morgan fingerprint density at radius 2 is 1.60 bits per heavy atom. The van der Waals surface area contributed by atoms with Crippen LogP contribution in [-0.2, 0) is 9.47 Å². The summed E-state index contributed by atoms with van der Waals surface area (Å²) in [6.45, 7) is 13.7. The summed E-state index contributed by atoms with van der Waals surface area (Å²) in [5.74, 6) is 1.48. The summed E-state index contributed by atoms with van der Waals surface area (Å²) in [4.78, 5) is 4.20. The predicted molar refractivity (Wildman–Crippen MR) is 98.3 cm³/mol. The van der Waals surface area contributed by atoms with Gasteiger partial charge in [0.1, 0.15) is 17.6 Å². The van der Waals surface area contributed by atoms with Gasteiger partial charge in [0.05, 0.1) is 42.9 Å². The Hall–Kier alpha value is -1.33. The third kappa shape index (κ3) is 8.06. The molecule has 0 aromatic carbocycles. The fourth-order valence-corrected chi connectivity index (χ4v) is 2.57. The van der Waals surface area contributed by atoms with Crippen LogP contribution in [-0.4, -0.2) is 41.6 Å². The molecule has 0 atom stereocenters. The maximum Gasteiger partial charge on any atom is 0.141 e. The quantitative estimate of drug-likeness (QED) is 0.650. The Kier molecular flexibility index (Phi) is 6.69. The van der Waals surface area contributed by atoms with Crippen LogP contribution in [0, 0.1) is 0 Å². The molecule has 0 bridgehead atoms. The Balaban J connectivity index is 1.68. The van der Waals surface area contributed by atoms with Crippen LogP contribution in [0.1, 0.15) is 60.8 Å². The molecule has 0 amide bonds. The second-order valence-corrected chi connectivity index (χ2v) is 8.58. The van der Waals surface area contributed by atoms with Gasteiger partial charge in [-0.2, -0.15) is 0 Å². The van der Waals surface area contributed by atoms with Crippen LogP contribution >= 0.6 is 0 Å². The number of nitrogens with zero attached hydrogens (tertiary/aromatic N) is 1. The van der Waals surface area contributed by atoms with Crippen molar-refractivity contribution in [2.24, 2.45) is 0 Å². The van der Waals surface area contributed by atoms with Crippen molar-refractivity contribution in [3.63, 3.8) is 0 Å². The molecule has 1 aliphatic carbocycles. The van der Waals surface area contributed by atoms with Crippen molar-refractivity contribution in [3.05, 3.63) is 18.5 Å². The average Bonchev–Trinajstić information content (AvgIpc) is 2.42. The lowest BCUT2D eigenvalue weighted by Gasteiger charge is -2.39. The van der Waals surface area contributed by atoms with Crippen molar-refractivity contribution in [3.8, 4) is 11.5 Å². The Bertz CT molecular complexity index is 527. The van der Waals surface area contributed by atoms with Crippen LogP contribution < -0.4 is 9.47 Å². The Labute approximate surface area is 152 Å². The molecule has 0 unspecified atom stereocenters. The molecule has 0 saturated heterocycles. The zero-order chi connectivity index (χ0) is 18.5. The highest BCUT2D eigenvalue weighted by Crippen LogP contribution is 2.31. The van der Waals surface area contributed by atoms with E-state index in [-0.39, 0.29) is 17.3 Å². The number of aromatic nitrogens is 1. The maximum absolute atomic E-state index is 5.96. The first kappa shape index (κ1) is 20.0. The fraction of sp³-hybridized carbons (Fsp3) is 0.750. The zero-order valence-electron chi connectivity index (χ0n) is 16.5. The largest absolute Gasteiger partial charge is 0.492 e. The van der Waals surface area contributed by atoms with Gasteiger partial charge in [0, 0.05) is 25.3 Å². The number of ether oxygens (including phenoxy) is 4. The molecule has 2 rings (SSSR count). The number of hydrogen-bond acceptors (Lipinski definition) is 5. The molecule has 1 fully saturated rings. The average molecular weight is 351 g/mol. The minimum absolute atomic E-state index is 0.0956. The van der Waals surface area contributed by atoms with Crippen LogP contribution in [0.25, 0.3) is 0 Å². The van der Waals surface area contributed by atoms with E-state index in [1.54, 1.807) is 12.4 Å². The minimum atomic E-state index is -0.105. The summed E-state index contributed by atoms with van der Waals surface area (Å²) < 4.78 is 23.3. The number of pyridine rings is 1. The van der Waals surface area contributed by atoms with E-state index < -0.39 is 0 Å². The number of hydrogen-bond donors (Lipinski definition) is 0. The Morgan fingerprint density at radius 1 is 0.920 bits per heavy atom. The van der Waals surface area contributed by atoms with Gasteiger partial charge in [-0.3, -0.25) is 4.98 Å². The molecule has 0 radical (unpaired) electrons. The van der Waals surface area contributed by atoms with Crippen molar-refractivity contribution < 1.29 is 18.9 Å². The van der Waals surface area contributed by atoms with Crippen molar-refractivity contribution in [2.45, 2.75) is 84.2 Å². The number of rotatable bonds is 8. The van der Waals surface area contributed by atoms with Gasteiger partial charge in [-0.1, -0.05) is 0 Å². The van der Waals surface area contributed by atoms with E-state index in [1.165, 1.54) is 0 Å². The molecule has 1 aromatic heterocycles. The van der Waals surface area contributed by atoms with E-state index in [2.05, 4.69) is 46.5 Å². The molecule has 25 heavy (non-hydrogen) atoms. The lowest BCUT2D eigenvalue weighted by molar-refractivity contribution is -0.126. The highest BCUT2D eigenvalue weighted by Gasteiger charge is 2.34. The van der Waals surface area contributed by atoms with Gasteiger partial charge in [0.2, 0.25) is 0 Å². The molecule has 0 aliphatic heterocycles. The van der Waals surface area contributed by atoms with E-state index in [9.17, 15) is 0 Å². The van der Waals surface area contributed by atoms with E-state index in [1.807, 2.05) is 6.07 Å². The van der Waals surface area contributed by atoms with Gasteiger partial charge in [-0.05, 0) is 41.5 Å². The lowest BCUT2D eigenvalue weighted by atomic mass is 9.91. The summed E-state index contributed by atoms with van der Waals surface area (Å²) >= 11 is 0. The first-order valence-electron chi connectivity index (χ1n) is 9.17. The monoisotopic (exact) mass is 351 g/mol. The summed E-state index contributed by atoms with van der Waals surface area (Å²) in [5.41, 5.74) is -0.200. The summed E-state index contributed by atoms with van der Waals surface area (Å²) in [6.07, 6.45) is 6.62. The van der Waals surface area contributed by atoms with E-state index in [0.717, 1.165) is 30.8 Å². The fourth-order valence-electron chi connectivity index (χ4n) is 2.57. The van der Waals surface area contributed by atoms with Crippen molar-refractivity contribution >= 4 is 0 Å². The van der Waals surface area contributed by atoms with Crippen molar-refractivity contribution in [2.75, 3.05) is 13.2 Å². The first-order chi connectivity index (χ1) is 11.6. The topological polar surface area (TPSA) is 49.8 Å². The molecular weight excluding hydrogens is 318 g/mol. The minimum Gasteiger partial charge on any atom is -0.492 e. The van der Waals surface area contributed by atoms with E-state index in [0.29, 0.717) is 19.3 Å². The SMILES string of the molecule is CC(C)(C)OCCCOc1cncc(OC2CC(OC(C)(C)C)C2)c1. The zero-order valence-corrected chi connectivity index (χ0v) is 16.5. The lowest BCUT2D eigenvalue weighted by Crippen LogP contribution is -2.43. The molecule has 1 heterocycles. The standard InChI is InChI=1S/C20H33NO4/c1-19(2,3)23-9-7-8-22-17-12-18(14-21-13-17)24-15-10-16(11-15)25-20(4,5)6/h12-16H,7-11H2,1-6H3. The molecule has 5 nitrogen and oxygen atoms in total. The molecule has 1 aliphatic rings. The Morgan fingerprint density at radius 3 is 2.24 bits per heavy atom. The third-order valence-corrected chi connectivity index (χ3v) is 3.66. The molecular formula is C20H33NO4. The predicted octanol–water partition coefficient (Wildman–Crippen LogP) is 4.39. The van der Waals surface area contributed by atoms with Crippen molar-refractivity contribution in [1.82, 2.24) is 4.98 Å². The highest BCUT2D eigenvalue weighted by atomic mass is 16.5. The summed E-state index contributed by atoms with van der Waals surface area (Å²) in [7, 11) is 0. The van der Waals surface area contributed by atoms with Crippen LogP contribution in [0.5, 0.6) is 11.5 Å². The van der Waals surface area contributed by atoms with Gasteiger partial charge in [-0.15, -0.1) is 0 Å².